The zero-order valence-corrected chi connectivity index (χ0v) is 16.5. The third kappa shape index (κ3) is 10.2. The second-order valence-electron chi connectivity index (χ2n) is 7.92. The highest BCUT2D eigenvalue weighted by Gasteiger charge is 2.16. The number of hydrogen-bond acceptors (Lipinski definition) is 2. The molecule has 0 fully saturated rings. The van der Waals surface area contributed by atoms with Crippen LogP contribution in [0, 0.1) is 10.1 Å². The van der Waals surface area contributed by atoms with Crippen LogP contribution in [0.15, 0.2) is 24.3 Å². The van der Waals surface area contributed by atoms with Gasteiger partial charge in [-0.2, -0.15) is 0 Å². The number of rotatable bonds is 14. The van der Waals surface area contributed by atoms with Crippen LogP contribution < -0.4 is 0 Å². The molecule has 0 atom stereocenters. The van der Waals surface area contributed by atoms with Crippen LogP contribution in [0.2, 0.25) is 0 Å². The van der Waals surface area contributed by atoms with Gasteiger partial charge in [0.15, 0.2) is 0 Å². The van der Waals surface area contributed by atoms with Crippen LogP contribution in [0.4, 0.5) is 5.69 Å². The van der Waals surface area contributed by atoms with Gasteiger partial charge in [0, 0.05) is 17.7 Å². The van der Waals surface area contributed by atoms with Gasteiger partial charge in [-0.05, 0) is 25.0 Å². The molecule has 0 aliphatic carbocycles. The SMILES string of the molecule is CCCCCCCCCCCC[N+](C)(C)Cc1ccc([N+](=O)[O-])cc1. The standard InChI is InChI=1S/C21H37N2O2/c1-4-5-6-7-8-9-10-11-12-13-18-23(2,3)19-20-14-16-21(17-15-20)22(24)25/h14-17H,4-13,18-19H2,1-3H3/q+1. The minimum Gasteiger partial charge on any atom is -0.325 e. The van der Waals surface area contributed by atoms with Crippen LogP contribution in [0.25, 0.3) is 0 Å². The Morgan fingerprint density at radius 2 is 1.32 bits per heavy atom. The lowest BCUT2D eigenvalue weighted by Crippen LogP contribution is -2.39. The highest BCUT2D eigenvalue weighted by Crippen LogP contribution is 2.17. The fraction of sp³-hybridized carbons (Fsp3) is 0.714. The summed E-state index contributed by atoms with van der Waals surface area (Å²) in [5.41, 5.74) is 1.34. The molecule has 1 rings (SSSR count). The monoisotopic (exact) mass is 349 g/mol. The Morgan fingerprint density at radius 1 is 0.840 bits per heavy atom. The molecule has 0 aliphatic heterocycles. The van der Waals surface area contributed by atoms with Crippen molar-refractivity contribution in [2.75, 3.05) is 20.6 Å². The van der Waals surface area contributed by atoms with Crippen LogP contribution in [0.1, 0.15) is 76.7 Å². The normalized spacial score (nSPS) is 11.6. The molecule has 4 nitrogen and oxygen atoms in total. The first-order valence-electron chi connectivity index (χ1n) is 10.00. The number of nitro benzene ring substituents is 1. The minimum absolute atomic E-state index is 0.170. The molecule has 142 valence electrons. The first kappa shape index (κ1) is 21.6. The molecule has 1 aromatic rings. The van der Waals surface area contributed by atoms with Gasteiger partial charge in [0.1, 0.15) is 6.54 Å². The van der Waals surface area contributed by atoms with Crippen molar-refractivity contribution in [3.05, 3.63) is 39.9 Å². The summed E-state index contributed by atoms with van der Waals surface area (Å²) < 4.78 is 0.939. The molecule has 0 N–H and O–H groups in total. The van der Waals surface area contributed by atoms with Crippen molar-refractivity contribution in [2.24, 2.45) is 0 Å². The number of quaternary nitrogens is 1. The van der Waals surface area contributed by atoms with Crippen molar-refractivity contribution in [1.29, 1.82) is 0 Å². The lowest BCUT2D eigenvalue weighted by atomic mass is 10.1. The number of non-ortho nitro benzene ring substituents is 1. The van der Waals surface area contributed by atoms with E-state index in [9.17, 15) is 10.1 Å². The van der Waals surface area contributed by atoms with E-state index in [-0.39, 0.29) is 10.6 Å². The van der Waals surface area contributed by atoms with Gasteiger partial charge in [0.25, 0.3) is 5.69 Å². The van der Waals surface area contributed by atoms with Crippen LogP contribution in [0.5, 0.6) is 0 Å². The fourth-order valence-corrected chi connectivity index (χ4v) is 3.32. The molecular formula is C21H37N2O2+. The summed E-state index contributed by atoms with van der Waals surface area (Å²) in [6, 6.07) is 6.99. The van der Waals surface area contributed by atoms with Gasteiger partial charge in [-0.25, -0.2) is 0 Å². The molecule has 0 radical (unpaired) electrons. The van der Waals surface area contributed by atoms with Gasteiger partial charge in [0.05, 0.1) is 25.6 Å². The predicted octanol–water partition coefficient (Wildman–Crippen LogP) is 6.09. The lowest BCUT2D eigenvalue weighted by Gasteiger charge is -2.30. The molecule has 0 saturated carbocycles. The summed E-state index contributed by atoms with van der Waals surface area (Å²) in [7, 11) is 4.49. The van der Waals surface area contributed by atoms with Gasteiger partial charge < -0.3 is 4.48 Å². The van der Waals surface area contributed by atoms with Crippen molar-refractivity contribution in [1.82, 2.24) is 0 Å². The maximum atomic E-state index is 10.7. The third-order valence-electron chi connectivity index (χ3n) is 4.87. The minimum atomic E-state index is -0.340. The van der Waals surface area contributed by atoms with E-state index in [0.29, 0.717) is 0 Å². The van der Waals surface area contributed by atoms with Crippen molar-refractivity contribution in [2.45, 2.75) is 77.7 Å². The molecule has 0 aliphatic rings. The van der Waals surface area contributed by atoms with Crippen LogP contribution in [0.3, 0.4) is 0 Å². The summed E-state index contributed by atoms with van der Waals surface area (Å²) in [4.78, 5) is 10.4. The van der Waals surface area contributed by atoms with Gasteiger partial charge >= 0.3 is 0 Å². The summed E-state index contributed by atoms with van der Waals surface area (Å²) in [5, 5.41) is 10.7. The fourth-order valence-electron chi connectivity index (χ4n) is 3.32. The number of nitro groups is 1. The smallest absolute Gasteiger partial charge is 0.269 e. The zero-order valence-electron chi connectivity index (χ0n) is 16.5. The third-order valence-corrected chi connectivity index (χ3v) is 4.87. The largest absolute Gasteiger partial charge is 0.325 e. The molecule has 4 heteroatoms. The van der Waals surface area contributed by atoms with Gasteiger partial charge in [-0.15, -0.1) is 0 Å². The molecule has 0 saturated heterocycles. The van der Waals surface area contributed by atoms with E-state index in [1.165, 1.54) is 69.8 Å². The Balaban J connectivity index is 2.13. The van der Waals surface area contributed by atoms with E-state index >= 15 is 0 Å². The second kappa shape index (κ2) is 12.0. The first-order valence-corrected chi connectivity index (χ1v) is 10.00. The molecule has 0 bridgehead atoms. The number of nitrogens with zero attached hydrogens (tertiary/aromatic N) is 2. The maximum Gasteiger partial charge on any atom is 0.269 e. The van der Waals surface area contributed by atoms with Gasteiger partial charge in [-0.3, -0.25) is 10.1 Å². The van der Waals surface area contributed by atoms with Crippen LogP contribution in [-0.2, 0) is 6.54 Å². The lowest BCUT2D eigenvalue weighted by molar-refractivity contribution is -0.903. The Labute approximate surface area is 154 Å². The van der Waals surface area contributed by atoms with Crippen molar-refractivity contribution < 1.29 is 9.41 Å². The number of hydrogen-bond donors (Lipinski definition) is 0. The van der Waals surface area contributed by atoms with E-state index in [4.69, 9.17) is 0 Å². The average molecular weight is 350 g/mol. The van der Waals surface area contributed by atoms with Gasteiger partial charge in [0.2, 0.25) is 0 Å². The molecular weight excluding hydrogens is 312 g/mol. The molecule has 0 heterocycles. The second-order valence-corrected chi connectivity index (χ2v) is 7.92. The molecule has 1 aromatic carbocycles. The molecule has 0 unspecified atom stereocenters. The topological polar surface area (TPSA) is 43.1 Å². The van der Waals surface area contributed by atoms with E-state index in [0.717, 1.165) is 17.6 Å². The summed E-state index contributed by atoms with van der Waals surface area (Å²) in [6.07, 6.45) is 13.6. The Hall–Kier alpha value is -1.42. The maximum absolute atomic E-state index is 10.7. The predicted molar refractivity (Wildman–Crippen MR) is 106 cm³/mol. The van der Waals surface area contributed by atoms with Crippen LogP contribution in [-0.4, -0.2) is 30.0 Å². The van der Waals surface area contributed by atoms with E-state index in [1.807, 2.05) is 12.1 Å². The molecule has 0 spiro atoms. The van der Waals surface area contributed by atoms with E-state index < -0.39 is 0 Å². The summed E-state index contributed by atoms with van der Waals surface area (Å²) in [5.74, 6) is 0. The van der Waals surface area contributed by atoms with E-state index in [1.54, 1.807) is 12.1 Å². The molecule has 0 aromatic heterocycles. The Bertz CT molecular complexity index is 483. The van der Waals surface area contributed by atoms with Crippen molar-refractivity contribution in [3.8, 4) is 0 Å². The highest BCUT2D eigenvalue weighted by atomic mass is 16.6. The summed E-state index contributed by atoms with van der Waals surface area (Å²) >= 11 is 0. The highest BCUT2D eigenvalue weighted by molar-refractivity contribution is 5.32. The molecule has 25 heavy (non-hydrogen) atoms. The quantitative estimate of drug-likeness (QED) is 0.176. The Kier molecular flexibility index (Phi) is 10.4. The van der Waals surface area contributed by atoms with E-state index in [2.05, 4.69) is 21.0 Å². The Morgan fingerprint density at radius 3 is 1.80 bits per heavy atom. The number of benzene rings is 1. The first-order chi connectivity index (χ1) is 11.9. The van der Waals surface area contributed by atoms with Gasteiger partial charge in [-0.1, -0.05) is 58.3 Å². The number of unbranched alkanes of at least 4 members (excludes halogenated alkanes) is 9. The van der Waals surface area contributed by atoms with Crippen molar-refractivity contribution >= 4 is 5.69 Å². The zero-order chi connectivity index (χ0) is 18.5. The van der Waals surface area contributed by atoms with Crippen molar-refractivity contribution in [3.63, 3.8) is 0 Å². The summed E-state index contributed by atoms with van der Waals surface area (Å²) in [6.45, 7) is 4.35. The van der Waals surface area contributed by atoms with Crippen LogP contribution >= 0.6 is 0 Å². The average Bonchev–Trinajstić information content (AvgIpc) is 2.56. The molecule has 0 amide bonds.